The van der Waals surface area contributed by atoms with E-state index in [9.17, 15) is 23.1 Å². The monoisotopic (exact) mass is 528 g/mol. The van der Waals surface area contributed by atoms with Crippen LogP contribution < -0.4 is 10.1 Å². The first-order valence-corrected chi connectivity index (χ1v) is 13.4. The van der Waals surface area contributed by atoms with Crippen LogP contribution in [-0.4, -0.2) is 54.1 Å². The molecule has 204 valence electrons. The smallest absolute Gasteiger partial charge is 0.421 e. The van der Waals surface area contributed by atoms with E-state index in [1.807, 2.05) is 29.2 Å². The van der Waals surface area contributed by atoms with Gasteiger partial charge in [0.25, 0.3) is 5.91 Å². The number of amides is 1. The molecule has 2 saturated carbocycles. The van der Waals surface area contributed by atoms with Crippen LogP contribution in [0.4, 0.5) is 13.2 Å². The van der Waals surface area contributed by atoms with Crippen molar-refractivity contribution >= 4 is 12.0 Å². The summed E-state index contributed by atoms with van der Waals surface area (Å²) in [4.78, 5) is 15.3. The Morgan fingerprint density at radius 3 is 2.55 bits per heavy atom. The predicted molar refractivity (Wildman–Crippen MR) is 139 cm³/mol. The van der Waals surface area contributed by atoms with E-state index in [1.54, 1.807) is 37.4 Å². The van der Waals surface area contributed by atoms with Crippen molar-refractivity contribution in [3.63, 3.8) is 0 Å². The first kappa shape index (κ1) is 26.8. The summed E-state index contributed by atoms with van der Waals surface area (Å²) in [6, 6.07) is 15.7. The summed E-state index contributed by atoms with van der Waals surface area (Å²) in [6.45, 7) is 0.945. The molecule has 1 aliphatic heterocycles. The fourth-order valence-corrected chi connectivity index (χ4v) is 6.38. The number of halogens is 3. The zero-order chi connectivity index (χ0) is 27.0. The summed E-state index contributed by atoms with van der Waals surface area (Å²) in [5.74, 6) is -0.0435. The molecule has 2 aromatic rings. The Hall–Kier alpha value is -2.84. The molecule has 0 radical (unpaired) electrons. The highest BCUT2D eigenvalue weighted by atomic mass is 19.4. The van der Waals surface area contributed by atoms with Crippen molar-refractivity contribution in [1.29, 1.82) is 0 Å². The molecule has 1 heterocycles. The standard InChI is InChI=1S/C30H35F3N2O3/c1-38-24-11-7-10-23(17-24)28-14-5-6-15-29(28,37)20-35(19-22-12-13-22)26(18-28)34-27(36)25(30(31,32)33)16-21-8-3-2-4-9-21/h2-4,7-11,16-17,22,26,37H,5-6,12-15,18-20H2,1H3,(H,34,36)/t26-,28-,29?/m0/s1. The summed E-state index contributed by atoms with van der Waals surface area (Å²) in [5, 5.41) is 14.9. The highest BCUT2D eigenvalue weighted by Gasteiger charge is 2.59. The fraction of sp³-hybridized carbons (Fsp3) is 0.500. The number of nitrogens with zero attached hydrogens (tertiary/aromatic N) is 1. The number of ether oxygens (including phenoxy) is 1. The van der Waals surface area contributed by atoms with E-state index in [0.717, 1.165) is 37.3 Å². The molecule has 1 saturated heterocycles. The van der Waals surface area contributed by atoms with Crippen molar-refractivity contribution in [3.8, 4) is 5.75 Å². The Balaban J connectivity index is 1.51. The van der Waals surface area contributed by atoms with E-state index in [-0.39, 0.29) is 0 Å². The Bertz CT molecular complexity index is 1180. The van der Waals surface area contributed by atoms with Gasteiger partial charge < -0.3 is 15.2 Å². The molecule has 0 spiro atoms. The molecular weight excluding hydrogens is 493 g/mol. The van der Waals surface area contributed by atoms with Crippen LogP contribution >= 0.6 is 0 Å². The minimum absolute atomic E-state index is 0.301. The van der Waals surface area contributed by atoms with E-state index < -0.39 is 34.8 Å². The highest BCUT2D eigenvalue weighted by Crippen LogP contribution is 2.53. The maximum atomic E-state index is 14.1. The Morgan fingerprint density at radius 1 is 1.13 bits per heavy atom. The highest BCUT2D eigenvalue weighted by molar-refractivity contribution is 5.99. The van der Waals surface area contributed by atoms with Crippen LogP contribution in [0, 0.1) is 5.92 Å². The van der Waals surface area contributed by atoms with Gasteiger partial charge >= 0.3 is 6.18 Å². The number of aliphatic hydroxyl groups is 1. The van der Waals surface area contributed by atoms with Crippen LogP contribution in [0.15, 0.2) is 60.2 Å². The summed E-state index contributed by atoms with van der Waals surface area (Å²) in [6.07, 6.45) is 0.945. The molecule has 3 atom stereocenters. The number of methoxy groups -OCH3 is 1. The molecule has 3 aliphatic rings. The quantitative estimate of drug-likeness (QED) is 0.470. The third-order valence-electron chi connectivity index (χ3n) is 8.55. The average molecular weight is 529 g/mol. The van der Waals surface area contributed by atoms with Crippen LogP contribution in [0.1, 0.15) is 56.1 Å². The third-order valence-corrected chi connectivity index (χ3v) is 8.55. The van der Waals surface area contributed by atoms with Gasteiger partial charge in [0.1, 0.15) is 11.3 Å². The number of benzene rings is 2. The number of rotatable bonds is 7. The number of likely N-dealkylation sites (tertiary alicyclic amines) is 1. The lowest BCUT2D eigenvalue weighted by molar-refractivity contribution is -0.151. The topological polar surface area (TPSA) is 61.8 Å². The summed E-state index contributed by atoms with van der Waals surface area (Å²) in [5.41, 5.74) is -1.78. The van der Waals surface area contributed by atoms with Gasteiger partial charge in [0.2, 0.25) is 0 Å². The normalized spacial score (nSPS) is 28.4. The number of hydrogen-bond acceptors (Lipinski definition) is 4. The van der Waals surface area contributed by atoms with E-state index in [1.165, 1.54) is 0 Å². The SMILES string of the molecule is COc1cccc([C@@]23CCCCC2(O)CN(CC2CC2)[C@H](NC(=O)C(=Cc2ccccc2)C(F)(F)F)C3)c1. The minimum atomic E-state index is -4.81. The van der Waals surface area contributed by atoms with Gasteiger partial charge in [-0.25, -0.2) is 0 Å². The zero-order valence-electron chi connectivity index (χ0n) is 21.6. The molecule has 8 heteroatoms. The molecule has 1 unspecified atom stereocenters. The van der Waals surface area contributed by atoms with Crippen molar-refractivity contribution in [2.75, 3.05) is 20.2 Å². The van der Waals surface area contributed by atoms with Crippen molar-refractivity contribution in [3.05, 3.63) is 71.3 Å². The molecule has 38 heavy (non-hydrogen) atoms. The molecule has 3 fully saturated rings. The van der Waals surface area contributed by atoms with Gasteiger partial charge in [-0.15, -0.1) is 0 Å². The van der Waals surface area contributed by atoms with Gasteiger partial charge in [-0.2, -0.15) is 13.2 Å². The average Bonchev–Trinajstić information content (AvgIpc) is 3.71. The zero-order valence-corrected chi connectivity index (χ0v) is 21.6. The second-order valence-corrected chi connectivity index (χ2v) is 11.1. The van der Waals surface area contributed by atoms with Crippen LogP contribution in [0.5, 0.6) is 5.75 Å². The second kappa shape index (κ2) is 10.4. The van der Waals surface area contributed by atoms with Gasteiger partial charge in [0.05, 0.1) is 18.9 Å². The first-order chi connectivity index (χ1) is 18.1. The van der Waals surface area contributed by atoms with E-state index in [4.69, 9.17) is 4.74 Å². The molecule has 0 bridgehead atoms. The Kier molecular flexibility index (Phi) is 7.31. The number of β-amino-alcohol motifs (C(OH)–C–C–N with tert-alkyl or cyclic N) is 1. The van der Waals surface area contributed by atoms with Crippen molar-refractivity contribution in [1.82, 2.24) is 10.2 Å². The van der Waals surface area contributed by atoms with Crippen LogP contribution in [0.25, 0.3) is 6.08 Å². The number of fused-ring (bicyclic) bond motifs is 1. The maximum Gasteiger partial charge on any atom is 0.421 e. The maximum absolute atomic E-state index is 14.1. The number of piperidine rings is 1. The van der Waals surface area contributed by atoms with Crippen molar-refractivity contribution in [2.45, 2.75) is 68.3 Å². The molecule has 0 aromatic heterocycles. The number of alkyl halides is 3. The van der Waals surface area contributed by atoms with Gasteiger partial charge in [-0.3, -0.25) is 9.69 Å². The van der Waals surface area contributed by atoms with Gasteiger partial charge in [-0.05, 0) is 67.4 Å². The van der Waals surface area contributed by atoms with Crippen LogP contribution in [-0.2, 0) is 10.2 Å². The molecular formula is C30H35F3N2O3. The molecule has 2 aliphatic carbocycles. The van der Waals surface area contributed by atoms with Gasteiger partial charge in [-0.1, -0.05) is 55.3 Å². The largest absolute Gasteiger partial charge is 0.497 e. The van der Waals surface area contributed by atoms with Gasteiger partial charge in [0, 0.05) is 18.5 Å². The molecule has 5 rings (SSSR count). The number of nitrogens with one attached hydrogen (secondary N) is 1. The Morgan fingerprint density at radius 2 is 1.87 bits per heavy atom. The summed E-state index contributed by atoms with van der Waals surface area (Å²) < 4.78 is 47.7. The van der Waals surface area contributed by atoms with Gasteiger partial charge in [0.15, 0.2) is 0 Å². The van der Waals surface area contributed by atoms with E-state index in [0.29, 0.717) is 49.6 Å². The third kappa shape index (κ3) is 5.34. The summed E-state index contributed by atoms with van der Waals surface area (Å²) >= 11 is 0. The molecule has 1 amide bonds. The molecule has 2 aromatic carbocycles. The predicted octanol–water partition coefficient (Wildman–Crippen LogP) is 5.44. The summed E-state index contributed by atoms with van der Waals surface area (Å²) in [7, 11) is 1.59. The lowest BCUT2D eigenvalue weighted by atomic mass is 9.55. The minimum Gasteiger partial charge on any atom is -0.497 e. The number of carbonyl (C=O) groups is 1. The Labute approximate surface area is 221 Å². The first-order valence-electron chi connectivity index (χ1n) is 13.4. The second-order valence-electron chi connectivity index (χ2n) is 11.1. The van der Waals surface area contributed by atoms with E-state index >= 15 is 0 Å². The fourth-order valence-electron chi connectivity index (χ4n) is 6.38. The van der Waals surface area contributed by atoms with Crippen LogP contribution in [0.2, 0.25) is 0 Å². The number of carbonyl (C=O) groups excluding carboxylic acids is 1. The molecule has 2 N–H and O–H groups in total. The molecule has 5 nitrogen and oxygen atoms in total. The van der Waals surface area contributed by atoms with Crippen molar-refractivity contribution in [2.24, 2.45) is 5.92 Å². The van der Waals surface area contributed by atoms with Crippen LogP contribution in [0.3, 0.4) is 0 Å². The lowest BCUT2D eigenvalue weighted by Gasteiger charge is -2.59. The van der Waals surface area contributed by atoms with Crippen molar-refractivity contribution < 1.29 is 27.8 Å². The number of hydrogen-bond donors (Lipinski definition) is 2. The lowest BCUT2D eigenvalue weighted by Crippen LogP contribution is -2.70. The van der Waals surface area contributed by atoms with E-state index in [2.05, 4.69) is 5.32 Å².